The first-order valence-corrected chi connectivity index (χ1v) is 7.84. The predicted octanol–water partition coefficient (Wildman–Crippen LogP) is 0.717. The van der Waals surface area contributed by atoms with Crippen LogP contribution in [-0.4, -0.2) is 72.4 Å². The summed E-state index contributed by atoms with van der Waals surface area (Å²) >= 11 is 0. The minimum absolute atomic E-state index is 0.185. The van der Waals surface area contributed by atoms with Gasteiger partial charge in [-0.1, -0.05) is 13.8 Å². The van der Waals surface area contributed by atoms with Crippen LogP contribution < -0.4 is 0 Å². The highest BCUT2D eigenvalue weighted by molar-refractivity contribution is 5.78. The molecule has 5 nitrogen and oxygen atoms in total. The number of ether oxygens (including phenoxy) is 1. The van der Waals surface area contributed by atoms with Gasteiger partial charge in [-0.05, 0) is 18.8 Å². The van der Waals surface area contributed by atoms with Gasteiger partial charge in [0.15, 0.2) is 0 Å². The Hall–Kier alpha value is -0.650. The van der Waals surface area contributed by atoms with Crippen LogP contribution in [-0.2, 0) is 9.53 Å². The summed E-state index contributed by atoms with van der Waals surface area (Å²) in [6.45, 7) is 8.72. The van der Waals surface area contributed by atoms with Crippen LogP contribution in [0.4, 0.5) is 0 Å². The van der Waals surface area contributed by atoms with Crippen molar-refractivity contribution in [2.45, 2.75) is 45.3 Å². The fourth-order valence-corrected chi connectivity index (χ4v) is 3.17. The van der Waals surface area contributed by atoms with E-state index in [2.05, 4.69) is 18.7 Å². The molecule has 0 spiro atoms. The molecular weight excluding hydrogens is 256 g/mol. The van der Waals surface area contributed by atoms with Gasteiger partial charge >= 0.3 is 0 Å². The summed E-state index contributed by atoms with van der Waals surface area (Å²) in [5.74, 6) is 0.811. The molecule has 5 heteroatoms. The molecule has 1 N–H and O–H groups in total. The zero-order chi connectivity index (χ0) is 14.5. The molecule has 0 bridgehead atoms. The summed E-state index contributed by atoms with van der Waals surface area (Å²) in [7, 11) is 0. The zero-order valence-electron chi connectivity index (χ0n) is 12.8. The summed E-state index contributed by atoms with van der Waals surface area (Å²) in [5, 5.41) is 10.3. The highest BCUT2D eigenvalue weighted by Gasteiger charge is 2.28. The fraction of sp³-hybridized carbons (Fsp3) is 0.933. The van der Waals surface area contributed by atoms with Gasteiger partial charge in [0.25, 0.3) is 0 Å². The number of hydrogen-bond donors (Lipinski definition) is 1. The van der Waals surface area contributed by atoms with E-state index in [-0.39, 0.29) is 5.91 Å². The summed E-state index contributed by atoms with van der Waals surface area (Å²) in [6.07, 6.45) is 2.21. The van der Waals surface area contributed by atoms with E-state index in [4.69, 9.17) is 4.74 Å². The molecule has 2 unspecified atom stereocenters. The Kier molecular flexibility index (Phi) is 5.81. The topological polar surface area (TPSA) is 53.0 Å². The summed E-state index contributed by atoms with van der Waals surface area (Å²) < 4.78 is 5.56. The van der Waals surface area contributed by atoms with Crippen LogP contribution in [0.1, 0.15) is 33.1 Å². The van der Waals surface area contributed by atoms with Gasteiger partial charge in [0.1, 0.15) is 0 Å². The second-order valence-corrected chi connectivity index (χ2v) is 6.45. The lowest BCUT2D eigenvalue weighted by Gasteiger charge is -2.38. The molecule has 116 valence electrons. The minimum Gasteiger partial charge on any atom is -0.390 e. The van der Waals surface area contributed by atoms with Gasteiger partial charge in [0.2, 0.25) is 5.91 Å². The van der Waals surface area contributed by atoms with E-state index in [1.807, 2.05) is 0 Å². The van der Waals surface area contributed by atoms with Crippen molar-refractivity contribution in [3.05, 3.63) is 0 Å². The Morgan fingerprint density at radius 1 is 1.35 bits per heavy atom. The molecule has 0 aliphatic carbocycles. The van der Waals surface area contributed by atoms with Crippen molar-refractivity contribution in [1.29, 1.82) is 0 Å². The molecule has 2 fully saturated rings. The molecule has 2 aliphatic heterocycles. The first kappa shape index (κ1) is 15.7. The van der Waals surface area contributed by atoms with E-state index < -0.39 is 6.10 Å². The molecule has 20 heavy (non-hydrogen) atoms. The SMILES string of the molecule is CC(C)CC1COCCN1CC(O)CN1CCCC1=O. The third-order valence-corrected chi connectivity index (χ3v) is 4.14. The van der Waals surface area contributed by atoms with Gasteiger partial charge in [-0.15, -0.1) is 0 Å². The molecule has 0 aromatic heterocycles. The zero-order valence-corrected chi connectivity index (χ0v) is 12.8. The molecule has 0 radical (unpaired) electrons. The molecule has 0 aromatic rings. The number of hydrogen-bond acceptors (Lipinski definition) is 4. The smallest absolute Gasteiger partial charge is 0.222 e. The first-order valence-electron chi connectivity index (χ1n) is 7.84. The Labute approximate surface area is 121 Å². The maximum absolute atomic E-state index is 11.6. The highest BCUT2D eigenvalue weighted by atomic mass is 16.5. The van der Waals surface area contributed by atoms with Gasteiger partial charge in [0, 0.05) is 38.6 Å². The maximum atomic E-state index is 11.6. The number of aliphatic hydroxyl groups excluding tert-OH is 1. The molecule has 0 aromatic carbocycles. The van der Waals surface area contributed by atoms with Gasteiger partial charge in [-0.2, -0.15) is 0 Å². The molecule has 2 saturated heterocycles. The number of carbonyl (C=O) groups is 1. The molecule has 2 atom stereocenters. The number of rotatable bonds is 6. The highest BCUT2D eigenvalue weighted by Crippen LogP contribution is 2.17. The summed E-state index contributed by atoms with van der Waals surface area (Å²) in [5.41, 5.74) is 0. The fourth-order valence-electron chi connectivity index (χ4n) is 3.17. The second kappa shape index (κ2) is 7.38. The van der Waals surface area contributed by atoms with Gasteiger partial charge in [-0.3, -0.25) is 9.69 Å². The van der Waals surface area contributed by atoms with E-state index >= 15 is 0 Å². The van der Waals surface area contributed by atoms with Gasteiger partial charge in [-0.25, -0.2) is 0 Å². The molecule has 2 aliphatic rings. The van der Waals surface area contributed by atoms with Crippen molar-refractivity contribution >= 4 is 5.91 Å². The lowest BCUT2D eigenvalue weighted by atomic mass is 10.0. The van der Waals surface area contributed by atoms with Crippen molar-refractivity contribution < 1.29 is 14.6 Å². The van der Waals surface area contributed by atoms with Crippen molar-refractivity contribution in [3.8, 4) is 0 Å². The molecule has 2 rings (SSSR count). The van der Waals surface area contributed by atoms with Crippen LogP contribution in [0.2, 0.25) is 0 Å². The van der Waals surface area contributed by atoms with Crippen LogP contribution in [0.15, 0.2) is 0 Å². The van der Waals surface area contributed by atoms with Crippen molar-refractivity contribution in [2.24, 2.45) is 5.92 Å². The molecule has 0 saturated carbocycles. The molecule has 1 amide bonds. The third kappa shape index (κ3) is 4.43. The number of carbonyl (C=O) groups excluding carboxylic acids is 1. The maximum Gasteiger partial charge on any atom is 0.222 e. The molecule has 2 heterocycles. The predicted molar refractivity (Wildman–Crippen MR) is 77.5 cm³/mol. The van der Waals surface area contributed by atoms with Crippen LogP contribution in [0.3, 0.4) is 0 Å². The third-order valence-electron chi connectivity index (χ3n) is 4.14. The van der Waals surface area contributed by atoms with Gasteiger partial charge < -0.3 is 14.7 Å². The van der Waals surface area contributed by atoms with Crippen molar-refractivity contribution in [3.63, 3.8) is 0 Å². The largest absolute Gasteiger partial charge is 0.390 e. The number of amides is 1. The number of β-amino-alcohol motifs (C(OH)–C–C–N with tert-alkyl or cyclic N) is 1. The standard InChI is InChI=1S/C15H28N2O3/c1-12(2)8-13-11-20-7-6-16(13)9-14(18)10-17-5-3-4-15(17)19/h12-14,18H,3-11H2,1-2H3. The van der Waals surface area contributed by atoms with E-state index in [9.17, 15) is 9.90 Å². The van der Waals surface area contributed by atoms with Crippen LogP contribution >= 0.6 is 0 Å². The summed E-state index contributed by atoms with van der Waals surface area (Å²) in [6, 6.07) is 0.396. The minimum atomic E-state index is -0.454. The van der Waals surface area contributed by atoms with Crippen molar-refractivity contribution in [2.75, 3.05) is 39.4 Å². The Bertz CT molecular complexity index is 322. The van der Waals surface area contributed by atoms with E-state index in [0.29, 0.717) is 31.5 Å². The Balaban J connectivity index is 1.81. The van der Waals surface area contributed by atoms with Gasteiger partial charge in [0.05, 0.1) is 19.3 Å². The monoisotopic (exact) mass is 284 g/mol. The van der Waals surface area contributed by atoms with E-state index in [1.54, 1.807) is 4.90 Å². The number of morpholine rings is 1. The second-order valence-electron chi connectivity index (χ2n) is 6.45. The Morgan fingerprint density at radius 3 is 2.80 bits per heavy atom. The number of nitrogens with zero attached hydrogens (tertiary/aromatic N) is 2. The van der Waals surface area contributed by atoms with E-state index in [0.717, 1.165) is 39.1 Å². The lowest BCUT2D eigenvalue weighted by Crippen LogP contribution is -2.50. The average Bonchev–Trinajstić information content (AvgIpc) is 2.77. The van der Waals surface area contributed by atoms with Crippen molar-refractivity contribution in [1.82, 2.24) is 9.80 Å². The van der Waals surface area contributed by atoms with E-state index in [1.165, 1.54) is 0 Å². The average molecular weight is 284 g/mol. The van der Waals surface area contributed by atoms with Crippen LogP contribution in [0, 0.1) is 5.92 Å². The number of likely N-dealkylation sites (tertiary alicyclic amines) is 1. The molecular formula is C15H28N2O3. The van der Waals surface area contributed by atoms with Crippen LogP contribution in [0.5, 0.6) is 0 Å². The lowest BCUT2D eigenvalue weighted by molar-refractivity contribution is -0.129. The quantitative estimate of drug-likeness (QED) is 0.781. The Morgan fingerprint density at radius 2 is 2.15 bits per heavy atom. The normalized spacial score (nSPS) is 26.5. The summed E-state index contributed by atoms with van der Waals surface area (Å²) in [4.78, 5) is 15.7. The first-order chi connectivity index (χ1) is 9.56. The number of aliphatic hydroxyl groups is 1. The van der Waals surface area contributed by atoms with Crippen LogP contribution in [0.25, 0.3) is 0 Å².